The Hall–Kier alpha value is -1.88. The van der Waals surface area contributed by atoms with E-state index in [2.05, 4.69) is 12.2 Å². The van der Waals surface area contributed by atoms with Crippen LogP contribution in [0.25, 0.3) is 0 Å². The average Bonchev–Trinajstić information content (AvgIpc) is 2.73. The third-order valence-corrected chi connectivity index (χ3v) is 5.49. The van der Waals surface area contributed by atoms with E-state index in [9.17, 15) is 9.59 Å². The highest BCUT2D eigenvalue weighted by molar-refractivity contribution is 5.73. The Kier molecular flexibility index (Phi) is 11.4. The van der Waals surface area contributed by atoms with Gasteiger partial charge in [0, 0.05) is 6.42 Å². The lowest BCUT2D eigenvalue weighted by atomic mass is 9.95. The van der Waals surface area contributed by atoms with Crippen molar-refractivity contribution in [1.29, 1.82) is 0 Å². The molecule has 0 bridgehead atoms. The molecule has 162 valence electrons. The smallest absolute Gasteiger partial charge is 0.311 e. The number of unbranched alkanes of at least 4 members (excludes halogenated alkanes) is 5. The van der Waals surface area contributed by atoms with Crippen molar-refractivity contribution >= 4 is 11.9 Å². The van der Waals surface area contributed by atoms with Gasteiger partial charge in [0.15, 0.2) is 0 Å². The van der Waals surface area contributed by atoms with Crippen LogP contribution in [0.5, 0.6) is 5.75 Å². The molecule has 29 heavy (non-hydrogen) atoms. The summed E-state index contributed by atoms with van der Waals surface area (Å²) in [6, 6.07) is 7.14. The first-order valence-corrected chi connectivity index (χ1v) is 11.3. The summed E-state index contributed by atoms with van der Waals surface area (Å²) < 4.78 is 10.8. The van der Waals surface area contributed by atoms with Gasteiger partial charge in [-0.15, -0.1) is 0 Å². The molecule has 0 radical (unpaired) electrons. The molecule has 1 N–H and O–H groups in total. The lowest BCUT2D eigenvalue weighted by molar-refractivity contribution is -0.143. The lowest BCUT2D eigenvalue weighted by Crippen LogP contribution is -2.28. The summed E-state index contributed by atoms with van der Waals surface area (Å²) in [5.41, 5.74) is 0.868. The molecule has 0 atom stereocenters. The van der Waals surface area contributed by atoms with Gasteiger partial charge in [0.1, 0.15) is 5.75 Å². The van der Waals surface area contributed by atoms with Crippen LogP contribution in [0.2, 0.25) is 0 Å². The molecule has 0 saturated carbocycles. The molecular formula is C24H37NO4. The maximum absolute atomic E-state index is 12.0. The fourth-order valence-corrected chi connectivity index (χ4v) is 3.64. The van der Waals surface area contributed by atoms with Crippen LogP contribution >= 0.6 is 0 Å². The van der Waals surface area contributed by atoms with Crippen LogP contribution in [0.1, 0.15) is 76.7 Å². The Labute approximate surface area is 175 Å². The van der Waals surface area contributed by atoms with Crippen molar-refractivity contribution in [2.45, 2.75) is 77.6 Å². The van der Waals surface area contributed by atoms with Crippen LogP contribution in [-0.2, 0) is 20.7 Å². The molecule has 5 nitrogen and oxygen atoms in total. The molecule has 0 unspecified atom stereocenters. The third-order valence-electron chi connectivity index (χ3n) is 5.49. The summed E-state index contributed by atoms with van der Waals surface area (Å²) in [5, 5.41) is 3.34. The first-order chi connectivity index (χ1) is 14.2. The number of rotatable bonds is 13. The number of ether oxygens (including phenoxy) is 2. The summed E-state index contributed by atoms with van der Waals surface area (Å²) in [4.78, 5) is 23.9. The van der Waals surface area contributed by atoms with Crippen LogP contribution in [0.4, 0.5) is 0 Å². The van der Waals surface area contributed by atoms with E-state index in [0.29, 0.717) is 24.7 Å². The molecule has 1 aliphatic rings. The summed E-state index contributed by atoms with van der Waals surface area (Å²) >= 11 is 0. The van der Waals surface area contributed by atoms with Gasteiger partial charge in [0.2, 0.25) is 0 Å². The second kappa shape index (κ2) is 14.2. The summed E-state index contributed by atoms with van der Waals surface area (Å²) in [5.74, 6) is 0.802. The quantitative estimate of drug-likeness (QED) is 0.291. The molecule has 1 aromatic rings. The number of benzene rings is 1. The predicted octanol–water partition coefficient (Wildman–Crippen LogP) is 4.82. The molecule has 1 aliphatic heterocycles. The van der Waals surface area contributed by atoms with Gasteiger partial charge in [-0.05, 0) is 62.4 Å². The van der Waals surface area contributed by atoms with Gasteiger partial charge in [-0.3, -0.25) is 9.59 Å². The lowest BCUT2D eigenvalue weighted by Gasteiger charge is -2.22. The predicted molar refractivity (Wildman–Crippen MR) is 115 cm³/mol. The monoisotopic (exact) mass is 403 g/mol. The molecule has 2 rings (SSSR count). The molecule has 0 amide bonds. The van der Waals surface area contributed by atoms with E-state index in [1.54, 1.807) is 12.1 Å². The fourth-order valence-electron chi connectivity index (χ4n) is 3.64. The van der Waals surface area contributed by atoms with Crippen LogP contribution in [0.15, 0.2) is 24.3 Å². The maximum Gasteiger partial charge on any atom is 0.311 e. The highest BCUT2D eigenvalue weighted by Crippen LogP contribution is 2.17. The van der Waals surface area contributed by atoms with Crippen molar-refractivity contribution in [2.75, 3.05) is 19.7 Å². The molecular weight excluding hydrogens is 366 g/mol. The average molecular weight is 404 g/mol. The molecule has 1 heterocycles. The zero-order chi connectivity index (χ0) is 20.7. The van der Waals surface area contributed by atoms with E-state index < -0.39 is 0 Å². The largest absolute Gasteiger partial charge is 0.465 e. The second-order valence-corrected chi connectivity index (χ2v) is 8.02. The highest BCUT2D eigenvalue weighted by Gasteiger charge is 2.14. The van der Waals surface area contributed by atoms with Gasteiger partial charge in [-0.2, -0.15) is 0 Å². The van der Waals surface area contributed by atoms with E-state index in [-0.39, 0.29) is 18.4 Å². The zero-order valence-corrected chi connectivity index (χ0v) is 17.9. The number of hydrogen-bond donors (Lipinski definition) is 1. The minimum atomic E-state index is -0.202. The van der Waals surface area contributed by atoms with E-state index >= 15 is 0 Å². The highest BCUT2D eigenvalue weighted by atomic mass is 16.5. The topological polar surface area (TPSA) is 64.6 Å². The molecule has 0 aliphatic carbocycles. The Morgan fingerprint density at radius 3 is 2.38 bits per heavy atom. The number of esters is 2. The normalized spacial score (nSPS) is 14.5. The zero-order valence-electron chi connectivity index (χ0n) is 17.9. The minimum absolute atomic E-state index is 0.189. The van der Waals surface area contributed by atoms with Gasteiger partial charge in [0.25, 0.3) is 0 Å². The van der Waals surface area contributed by atoms with E-state index in [4.69, 9.17) is 9.47 Å². The summed E-state index contributed by atoms with van der Waals surface area (Å²) in [6.07, 6.45) is 10.9. The molecule has 0 spiro atoms. The van der Waals surface area contributed by atoms with Gasteiger partial charge in [-0.25, -0.2) is 0 Å². The van der Waals surface area contributed by atoms with Gasteiger partial charge < -0.3 is 14.8 Å². The maximum atomic E-state index is 12.0. The summed E-state index contributed by atoms with van der Waals surface area (Å²) in [7, 11) is 0. The van der Waals surface area contributed by atoms with E-state index in [1.165, 1.54) is 25.7 Å². The van der Waals surface area contributed by atoms with Crippen LogP contribution in [0, 0.1) is 5.92 Å². The van der Waals surface area contributed by atoms with Gasteiger partial charge in [-0.1, -0.05) is 51.2 Å². The standard InChI is InChI=1S/C24H37NO4/c1-2-3-4-5-6-7-8-23(26)29-22-11-9-21(10-12-22)19-24(27)28-18-15-20-13-16-25-17-14-20/h9-12,20,25H,2-8,13-19H2,1H3. The number of carbonyl (C=O) groups is 2. The van der Waals surface area contributed by atoms with E-state index in [0.717, 1.165) is 50.8 Å². The van der Waals surface area contributed by atoms with Crippen molar-refractivity contribution in [2.24, 2.45) is 5.92 Å². The molecule has 1 aromatic carbocycles. The van der Waals surface area contributed by atoms with Crippen LogP contribution in [0.3, 0.4) is 0 Å². The van der Waals surface area contributed by atoms with Crippen molar-refractivity contribution in [3.05, 3.63) is 29.8 Å². The first-order valence-electron chi connectivity index (χ1n) is 11.3. The summed E-state index contributed by atoms with van der Waals surface area (Å²) in [6.45, 7) is 4.82. The number of hydrogen-bond acceptors (Lipinski definition) is 5. The Balaban J connectivity index is 1.59. The number of nitrogens with one attached hydrogen (secondary N) is 1. The SMILES string of the molecule is CCCCCCCCC(=O)Oc1ccc(CC(=O)OCCC2CCNCC2)cc1. The second-order valence-electron chi connectivity index (χ2n) is 8.02. The molecule has 1 fully saturated rings. The molecule has 0 aromatic heterocycles. The van der Waals surface area contributed by atoms with Crippen molar-refractivity contribution in [3.63, 3.8) is 0 Å². The number of piperidine rings is 1. The van der Waals surface area contributed by atoms with Crippen LogP contribution < -0.4 is 10.1 Å². The number of carbonyl (C=O) groups excluding carboxylic acids is 2. The molecule has 1 saturated heterocycles. The minimum Gasteiger partial charge on any atom is -0.465 e. The Bertz CT molecular complexity index is 593. The van der Waals surface area contributed by atoms with Crippen molar-refractivity contribution < 1.29 is 19.1 Å². The van der Waals surface area contributed by atoms with Crippen LogP contribution in [-0.4, -0.2) is 31.6 Å². The third kappa shape index (κ3) is 10.5. The van der Waals surface area contributed by atoms with Gasteiger partial charge in [0.05, 0.1) is 13.0 Å². The first kappa shape index (κ1) is 23.4. The Morgan fingerprint density at radius 2 is 1.66 bits per heavy atom. The van der Waals surface area contributed by atoms with Crippen molar-refractivity contribution in [3.8, 4) is 5.75 Å². The molecule has 5 heteroatoms. The van der Waals surface area contributed by atoms with Gasteiger partial charge >= 0.3 is 11.9 Å². The Morgan fingerprint density at radius 1 is 0.966 bits per heavy atom. The fraction of sp³-hybridized carbons (Fsp3) is 0.667. The van der Waals surface area contributed by atoms with Crippen molar-refractivity contribution in [1.82, 2.24) is 5.32 Å². The van der Waals surface area contributed by atoms with E-state index in [1.807, 2.05) is 12.1 Å².